The molecule has 1 aliphatic rings. The monoisotopic (exact) mass is 262 g/mol. The van der Waals surface area contributed by atoms with E-state index >= 15 is 0 Å². The molecule has 1 heterocycles. The van der Waals surface area contributed by atoms with E-state index in [0.29, 0.717) is 5.41 Å². The second-order valence-electron chi connectivity index (χ2n) is 4.60. The number of halogens is 1. The summed E-state index contributed by atoms with van der Waals surface area (Å²) < 4.78 is 5.40. The molecule has 0 unspecified atom stereocenters. The summed E-state index contributed by atoms with van der Waals surface area (Å²) in [6, 6.07) is 0. The fourth-order valence-electron chi connectivity index (χ4n) is 2.35. The first-order chi connectivity index (χ1) is 6.76. The number of hydrogen-bond donors (Lipinski definition) is 0. The molecule has 0 aliphatic carbocycles. The van der Waals surface area contributed by atoms with E-state index in [1.807, 2.05) is 0 Å². The molecule has 0 aromatic heterocycles. The van der Waals surface area contributed by atoms with Crippen molar-refractivity contribution in [3.8, 4) is 0 Å². The Kier molecular flexibility index (Phi) is 5.47. The van der Waals surface area contributed by atoms with Gasteiger partial charge >= 0.3 is 0 Å². The molecule has 0 bridgehead atoms. The summed E-state index contributed by atoms with van der Waals surface area (Å²) in [5, 5.41) is 1.16. The zero-order valence-corrected chi connectivity index (χ0v) is 11.1. The second-order valence-corrected chi connectivity index (χ2v) is 5.16. The summed E-state index contributed by atoms with van der Waals surface area (Å²) in [5.41, 5.74) is 0.544. The van der Waals surface area contributed by atoms with Crippen LogP contribution in [0.5, 0.6) is 0 Å². The van der Waals surface area contributed by atoms with Crippen LogP contribution in [-0.2, 0) is 4.74 Å². The van der Waals surface area contributed by atoms with Gasteiger partial charge in [0.1, 0.15) is 0 Å². The zero-order chi connectivity index (χ0) is 10.4. The van der Waals surface area contributed by atoms with Gasteiger partial charge in [0.05, 0.1) is 0 Å². The molecule has 2 heteroatoms. The lowest BCUT2D eigenvalue weighted by atomic mass is 9.75. The summed E-state index contributed by atoms with van der Waals surface area (Å²) >= 11 is 3.69. The Labute approximate surface area is 96.7 Å². The van der Waals surface area contributed by atoms with Crippen molar-refractivity contribution >= 4 is 15.9 Å². The van der Waals surface area contributed by atoms with Crippen LogP contribution in [0.2, 0.25) is 0 Å². The van der Waals surface area contributed by atoms with E-state index in [-0.39, 0.29) is 0 Å². The van der Waals surface area contributed by atoms with Crippen molar-refractivity contribution in [1.82, 2.24) is 0 Å². The van der Waals surface area contributed by atoms with Crippen molar-refractivity contribution in [2.45, 2.75) is 46.0 Å². The summed E-state index contributed by atoms with van der Waals surface area (Å²) in [7, 11) is 0. The highest BCUT2D eigenvalue weighted by Crippen LogP contribution is 2.38. The van der Waals surface area contributed by atoms with E-state index in [9.17, 15) is 0 Å². The molecule has 1 aliphatic heterocycles. The highest BCUT2D eigenvalue weighted by atomic mass is 79.9. The van der Waals surface area contributed by atoms with Crippen molar-refractivity contribution in [3.05, 3.63) is 0 Å². The Bertz CT molecular complexity index is 140. The maximum Gasteiger partial charge on any atom is 0.0468 e. The highest BCUT2D eigenvalue weighted by molar-refractivity contribution is 9.09. The fraction of sp³-hybridized carbons (Fsp3) is 1.00. The van der Waals surface area contributed by atoms with Gasteiger partial charge in [-0.3, -0.25) is 0 Å². The highest BCUT2D eigenvalue weighted by Gasteiger charge is 2.29. The van der Waals surface area contributed by atoms with Gasteiger partial charge in [0, 0.05) is 18.5 Å². The van der Waals surface area contributed by atoms with E-state index in [1.54, 1.807) is 0 Å². The van der Waals surface area contributed by atoms with Gasteiger partial charge in [-0.2, -0.15) is 0 Å². The van der Waals surface area contributed by atoms with Crippen molar-refractivity contribution in [1.29, 1.82) is 0 Å². The first kappa shape index (κ1) is 12.5. The Morgan fingerprint density at radius 2 is 1.79 bits per heavy atom. The normalized spacial score (nSPS) is 19.9. The molecule has 1 nitrogen and oxygen atoms in total. The lowest BCUT2D eigenvalue weighted by molar-refractivity contribution is 0.0485. The molecule has 0 aromatic carbocycles. The molecule has 84 valence electrons. The standard InChI is InChI=1S/C12H23BrO/c1-3-12(4-2,10-13)9-11-5-7-14-8-6-11/h11H,3-10H2,1-2H3. The topological polar surface area (TPSA) is 9.23 Å². The first-order valence-electron chi connectivity index (χ1n) is 5.90. The van der Waals surface area contributed by atoms with Crippen LogP contribution in [-0.4, -0.2) is 18.5 Å². The third kappa shape index (κ3) is 3.23. The lowest BCUT2D eigenvalue weighted by Crippen LogP contribution is -2.27. The van der Waals surface area contributed by atoms with Gasteiger partial charge < -0.3 is 4.74 Å². The quantitative estimate of drug-likeness (QED) is 0.681. The van der Waals surface area contributed by atoms with Crippen LogP contribution < -0.4 is 0 Å². The molecule has 0 aromatic rings. The van der Waals surface area contributed by atoms with Crippen LogP contribution in [0.4, 0.5) is 0 Å². The first-order valence-corrected chi connectivity index (χ1v) is 7.02. The van der Waals surface area contributed by atoms with E-state index in [4.69, 9.17) is 4.74 Å². The average Bonchev–Trinajstić information content (AvgIpc) is 2.28. The smallest absolute Gasteiger partial charge is 0.0468 e. The number of hydrogen-bond acceptors (Lipinski definition) is 1. The van der Waals surface area contributed by atoms with Crippen LogP contribution in [0, 0.1) is 11.3 Å². The molecule has 1 rings (SSSR count). The lowest BCUT2D eigenvalue weighted by Gasteiger charge is -2.35. The van der Waals surface area contributed by atoms with Gasteiger partial charge in [-0.25, -0.2) is 0 Å². The number of alkyl halides is 1. The SMILES string of the molecule is CCC(CC)(CBr)CC1CCOCC1. The van der Waals surface area contributed by atoms with Gasteiger partial charge in [-0.15, -0.1) is 0 Å². The van der Waals surface area contributed by atoms with Gasteiger partial charge in [-0.05, 0) is 43.4 Å². The van der Waals surface area contributed by atoms with Crippen molar-refractivity contribution < 1.29 is 4.74 Å². The minimum Gasteiger partial charge on any atom is -0.381 e. The molecular weight excluding hydrogens is 240 g/mol. The summed E-state index contributed by atoms with van der Waals surface area (Å²) in [4.78, 5) is 0. The van der Waals surface area contributed by atoms with Crippen LogP contribution in [0.25, 0.3) is 0 Å². The summed E-state index contributed by atoms with van der Waals surface area (Å²) in [6.45, 7) is 6.61. The number of ether oxygens (including phenoxy) is 1. The van der Waals surface area contributed by atoms with Gasteiger partial charge in [-0.1, -0.05) is 29.8 Å². The van der Waals surface area contributed by atoms with Crippen LogP contribution >= 0.6 is 15.9 Å². The molecule has 0 saturated carbocycles. The molecule has 14 heavy (non-hydrogen) atoms. The molecule has 0 amide bonds. The predicted molar refractivity (Wildman–Crippen MR) is 65.0 cm³/mol. The Balaban J connectivity index is 2.44. The zero-order valence-electron chi connectivity index (χ0n) is 9.52. The minimum atomic E-state index is 0.544. The van der Waals surface area contributed by atoms with E-state index in [2.05, 4.69) is 29.8 Å². The Morgan fingerprint density at radius 1 is 1.21 bits per heavy atom. The average molecular weight is 263 g/mol. The largest absolute Gasteiger partial charge is 0.381 e. The maximum atomic E-state index is 5.40. The fourth-order valence-corrected chi connectivity index (χ4v) is 3.37. The van der Waals surface area contributed by atoms with Gasteiger partial charge in [0.25, 0.3) is 0 Å². The molecule has 0 radical (unpaired) electrons. The van der Waals surface area contributed by atoms with Crippen LogP contribution in [0.3, 0.4) is 0 Å². The molecule has 1 saturated heterocycles. The van der Waals surface area contributed by atoms with E-state index in [0.717, 1.165) is 24.5 Å². The van der Waals surface area contributed by atoms with Gasteiger partial charge in [0.2, 0.25) is 0 Å². The second kappa shape index (κ2) is 6.12. The Hall–Kier alpha value is 0.440. The summed E-state index contributed by atoms with van der Waals surface area (Å²) in [5.74, 6) is 0.904. The molecule has 0 N–H and O–H groups in total. The maximum absolute atomic E-state index is 5.40. The summed E-state index contributed by atoms with van der Waals surface area (Å²) in [6.07, 6.45) is 6.52. The van der Waals surface area contributed by atoms with Crippen LogP contribution in [0.15, 0.2) is 0 Å². The van der Waals surface area contributed by atoms with E-state index < -0.39 is 0 Å². The van der Waals surface area contributed by atoms with Gasteiger partial charge in [0.15, 0.2) is 0 Å². The molecule has 0 spiro atoms. The third-order valence-corrected chi connectivity index (χ3v) is 5.04. The minimum absolute atomic E-state index is 0.544. The van der Waals surface area contributed by atoms with Crippen molar-refractivity contribution in [3.63, 3.8) is 0 Å². The molecular formula is C12H23BrO. The van der Waals surface area contributed by atoms with Crippen molar-refractivity contribution in [2.75, 3.05) is 18.5 Å². The van der Waals surface area contributed by atoms with E-state index in [1.165, 1.54) is 32.1 Å². The molecule has 0 atom stereocenters. The predicted octanol–water partition coefficient (Wildman–Crippen LogP) is 4.00. The Morgan fingerprint density at radius 3 is 2.21 bits per heavy atom. The van der Waals surface area contributed by atoms with Crippen molar-refractivity contribution in [2.24, 2.45) is 11.3 Å². The number of rotatable bonds is 5. The van der Waals surface area contributed by atoms with Crippen LogP contribution in [0.1, 0.15) is 46.0 Å². The third-order valence-electron chi connectivity index (χ3n) is 3.85. The molecule has 1 fully saturated rings.